The van der Waals surface area contributed by atoms with Gasteiger partial charge in [0.1, 0.15) is 27.4 Å². The summed E-state index contributed by atoms with van der Waals surface area (Å²) < 4.78 is 13.7. The maximum atomic E-state index is 11.1. The molecule has 0 bridgehead atoms. The number of halogens is 2. The summed E-state index contributed by atoms with van der Waals surface area (Å²) in [5.74, 6) is 0.298. The second-order valence-corrected chi connectivity index (χ2v) is 412. The number of pyridine rings is 2. The Morgan fingerprint density at radius 2 is 0.612 bits per heavy atom. The molecule has 13 nitrogen and oxygen atoms in total. The van der Waals surface area contributed by atoms with Crippen molar-refractivity contribution in [2.75, 3.05) is 14.2 Å². The molecule has 0 aliphatic carbocycles. The smallest absolute Gasteiger partial charge is 0.358 e. The van der Waals surface area contributed by atoms with Gasteiger partial charge < -0.3 is 19.6 Å². The Labute approximate surface area is 1010 Å². The Hall–Kier alpha value is 35.4. The quantitative estimate of drug-likeness (QED) is 0.0216. The van der Waals surface area contributed by atoms with Gasteiger partial charge in [-0.2, -0.15) is 10.2 Å². The number of aryl methyl sites for hydroxylation is 2. The van der Waals surface area contributed by atoms with Gasteiger partial charge in [-0.15, -0.1) is 437 Å². The van der Waals surface area contributed by atoms with Crippen LogP contribution >= 0.6 is 783 Å². The van der Waals surface area contributed by atoms with E-state index in [-0.39, 0.29) is 326 Å². The van der Waals surface area contributed by atoms with Crippen LogP contribution in [0, 0.1) is 6.57 Å². The number of H-pyrrole nitrogens is 1. The van der Waals surface area contributed by atoms with Crippen LogP contribution in [-0.4, -0.2) is 64.8 Å². The monoisotopic (exact) mass is 3670 g/mol. The van der Waals surface area contributed by atoms with Crippen LogP contribution in [0.4, 0.5) is 5.69 Å². The van der Waals surface area contributed by atoms with E-state index in [1.807, 2.05) is 19.2 Å². The average Bonchev–Trinajstić information content (AvgIpc) is 1.73. The molecule has 0 saturated carbocycles. The van der Waals surface area contributed by atoms with Gasteiger partial charge in [-0.3, -0.25) is 9.36 Å². The number of hydrogen-bond donors (Lipinski definition) is 2. The number of carboxylic acid groups (broad SMARTS) is 1. The van der Waals surface area contributed by atoms with Crippen LogP contribution in [0.25, 0.3) is 49.9 Å². The minimum Gasteiger partial charge on any atom is -0.492 e. The topological polar surface area (TPSA) is 150 Å². The summed E-state index contributed by atoms with van der Waals surface area (Å²) in [5.41, 5.74) is 5.30. The third-order valence-electron chi connectivity index (χ3n) is 14.6. The molecule has 0 aliphatic rings. The van der Waals surface area contributed by atoms with E-state index < -0.39 is 5.97 Å². The summed E-state index contributed by atoms with van der Waals surface area (Å²) >= 11 is 11.6. The molecule has 0 saturated heterocycles. The third-order valence-corrected chi connectivity index (χ3v) is 669. The zero-order chi connectivity index (χ0) is 107. The molecule has 6 rings (SSSR count). The van der Waals surface area contributed by atoms with Crippen molar-refractivity contribution < 1.29 is 19.4 Å². The molecule has 5 heterocycles. The van der Waals surface area contributed by atoms with E-state index in [9.17, 15) is 4.79 Å². The van der Waals surface area contributed by atoms with Crippen molar-refractivity contribution in [2.24, 2.45) is 14.1 Å². The van der Waals surface area contributed by atoms with Gasteiger partial charge in [0.15, 0.2) is 28.7 Å². The first-order valence-corrected chi connectivity index (χ1v) is 207. The summed E-state index contributed by atoms with van der Waals surface area (Å²) in [6.45, 7) is 0.692. The lowest BCUT2D eigenvalue weighted by atomic mass is 10.2. The molecule has 0 aliphatic heterocycles. The third kappa shape index (κ3) is 55.0. The fraction of sp³-hybridized carbons (Fsp3) is 0.138. The van der Waals surface area contributed by atoms with Crippen molar-refractivity contribution in [1.82, 2.24) is 39.5 Å². The number of hydrogen-bond acceptors (Lipinski definition) is 8. The number of aromatic amines is 1. The molecular weight excluding hydrogens is 3550 g/mol. The lowest BCUT2D eigenvalue weighted by Gasteiger charge is -2.58. The molecule has 0 fully saturated rings. The number of nitrogens with zero attached hydrogens (tertiary/aromatic N) is 8. The number of rotatable bonds is 50. The second kappa shape index (κ2) is 89.2. The van der Waals surface area contributed by atoms with E-state index in [4.69, 9.17) is 44.4 Å². The molecule has 0 amide bonds. The van der Waals surface area contributed by atoms with Gasteiger partial charge in [0.2, 0.25) is 0 Å². The fourth-order valence-electron chi connectivity index (χ4n) is 9.95. The zero-order valence-corrected chi connectivity index (χ0v) is 172. The van der Waals surface area contributed by atoms with Gasteiger partial charge in [-0.25, -0.2) is 24.6 Å². The lowest BCUT2D eigenvalue weighted by Crippen LogP contribution is -2.06. The van der Waals surface area contributed by atoms with Crippen LogP contribution in [0.15, 0.2) is 54.9 Å². The summed E-state index contributed by atoms with van der Waals surface area (Å²) in [7, 11) is 177. The van der Waals surface area contributed by atoms with Crippen LogP contribution in [0.3, 0.4) is 0 Å². The molecule has 110 heteroatoms. The average molecular weight is 3670 g/mol. The summed E-state index contributed by atoms with van der Waals surface area (Å²) in [5, 5.41) is 18.6. The van der Waals surface area contributed by atoms with E-state index >= 15 is 0 Å². The number of fused-ring (bicyclic) bond motifs is 1. The number of aromatic nitrogens is 8. The highest BCUT2D eigenvalue weighted by molar-refractivity contribution is 9.54. The van der Waals surface area contributed by atoms with Gasteiger partial charge in [0, 0.05) is 37.6 Å². The second-order valence-electron chi connectivity index (χ2n) is 24.1. The lowest BCUT2D eigenvalue weighted by molar-refractivity contribution is 0.0681. The number of ether oxygens (including phenoxy) is 2. The predicted octanol–water partition coefficient (Wildman–Crippen LogP) is 61.4. The molecule has 2 N–H and O–H groups in total. The normalized spacial score (nSPS) is 14.5. The molecule has 0 spiro atoms. The van der Waals surface area contributed by atoms with Gasteiger partial charge in [0.25, 0.3) is 0 Å². The Morgan fingerprint density at radius 3 is 0.842 bits per heavy atom. The minimum absolute atomic E-state index is 0.0116. The number of carbonyl (C=O) groups is 1. The van der Waals surface area contributed by atoms with Crippen molar-refractivity contribution in [1.29, 1.82) is 0 Å². The largest absolute Gasteiger partial charge is 0.492 e. The molecule has 56 unspecified atom stereocenters. The van der Waals surface area contributed by atoms with Crippen LogP contribution in [-0.2, 0) is 14.1 Å². The first-order valence-electron chi connectivity index (χ1n) is 34.2. The Morgan fingerprint density at radius 1 is 0.360 bits per heavy atom. The van der Waals surface area contributed by atoms with Crippen molar-refractivity contribution >= 4 is 806 Å². The SMILES string of the molecule is COc1c(-c2ccc(Cl)nc2)nn(C)c1C(=O)O.PP(P)P(P)P(P(P)P)P(P(P(P)P)P(P)P)P(P(P(P(P)P)P(P)P)P(P(P)P)P(P)P)P(P(P(P)P)P(P)P)P(P(P)P)P(P)P.PPP(P)P(P(P)P)P(P(P(P)P)P(P)P)P(P(P(P(P)P)P(P)P)P(P(P)P)P(P)P)P(P(P(P)P)P(P)P)P(P(P)P)P(P)P.[C-]#[N+]c1ccc2nc(-c3c(OC)c(-c4ccc(Cl)nc4)nn3C)[nH]c2c1. The number of aromatic carboxylic acids is 1. The molecule has 56 atom stereocenters. The molecule has 796 valence electrons. The highest BCUT2D eigenvalue weighted by Crippen LogP contribution is 3.48. The van der Waals surface area contributed by atoms with Gasteiger partial charge in [-0.05, 0) is 351 Å². The summed E-state index contributed by atoms with van der Waals surface area (Å²) in [6, 6.07) is 12.2. The Kier molecular flexibility index (Phi) is 108. The van der Waals surface area contributed by atoms with E-state index in [1.165, 1.54) is 18.0 Å². The van der Waals surface area contributed by atoms with E-state index in [0.29, 0.717) is 50.2 Å². The molecule has 1 aromatic carbocycles. The first-order chi connectivity index (χ1) is 64.3. The van der Waals surface area contributed by atoms with E-state index in [2.05, 4.69) is 472 Å². The highest BCUT2D eigenvalue weighted by atomic mass is 35.5. The first kappa shape index (κ1) is 169. The molecule has 5 aromatic heterocycles. The summed E-state index contributed by atoms with van der Waals surface area (Å²) in [4.78, 5) is 30.5. The number of imidazole rings is 1. The maximum Gasteiger partial charge on any atom is 0.358 e. The van der Waals surface area contributed by atoms with Crippen molar-refractivity contribution in [3.05, 3.63) is 82.3 Å². The zero-order valence-electron chi connectivity index (χ0n) is 72.6. The van der Waals surface area contributed by atoms with Gasteiger partial charge in [-0.1, -0.05) is 37.2 Å². The van der Waals surface area contributed by atoms with Crippen LogP contribution in [0.1, 0.15) is 10.5 Å². The van der Waals surface area contributed by atoms with Crippen LogP contribution in [0.5, 0.6) is 11.5 Å². The van der Waals surface area contributed by atoms with Crippen molar-refractivity contribution in [3.8, 4) is 45.5 Å². The van der Waals surface area contributed by atoms with Crippen molar-refractivity contribution in [3.63, 3.8) is 0 Å². The number of methoxy groups -OCH3 is 2. The molecule has 139 heavy (non-hydrogen) atoms. The number of benzene rings is 1. The number of carboxylic acids is 1. The fourth-order valence-corrected chi connectivity index (χ4v) is 1330. The van der Waals surface area contributed by atoms with Gasteiger partial charge >= 0.3 is 5.97 Å². The Balaban J connectivity index is 0.000000504. The van der Waals surface area contributed by atoms with Crippen molar-refractivity contribution in [2.45, 2.75) is 0 Å². The maximum absolute atomic E-state index is 11.1. The molecule has 6 aromatic rings. The van der Waals surface area contributed by atoms with E-state index in [1.54, 1.807) is 55.4 Å². The Bertz CT molecular complexity index is 4350. The minimum atomic E-state index is -1.10. The number of nitrogens with one attached hydrogen (secondary N) is 1. The van der Waals surface area contributed by atoms with Crippen LogP contribution in [0.2, 0.25) is 10.3 Å². The standard InChI is InChI=1S/C18H13ClN6O.C11H10ClN3O3.H50P48.H49P47/c1-20-11-5-6-12-13(8-11)23-18(22-12)16-17(26-3)15(24-25(16)2)10-4-7-14(19)21-9-10;1-15-9(11(16)17)10(18-2)8(14-15)6-3-4-7(12)13-5-6;1-26(2)38(25)44(37(23)24)47(43(35(19)20)36(21)22)48(45(39(27(3)4)28(5)6)40(29(7)8)30(9)10)46(41(31(11)12)32(13)14)42(33(15)16)34(17)18;1-25-37(24)43(36(22)23)46(42(34(18)19)35(20)21)47(44(38(26(2)3)27(4)5)39(28(6)7)29(8)9)45(40(30(10)11)31(12)13)41(32(14)15)33(16)17/h4-9H,2-3H3,(H,22,23);3-5H,1-2H3,(H,16,17);1-25H2;25H,1-24H2. The highest BCUT2D eigenvalue weighted by Gasteiger charge is 2.61. The predicted molar refractivity (Wildman–Crippen MR) is 960 cm³/mol. The molecule has 0 radical (unpaired) electrons. The van der Waals surface area contributed by atoms with Gasteiger partial charge in [0.05, 0.1) is 31.8 Å². The van der Waals surface area contributed by atoms with E-state index in [0.717, 1.165) is 24.6 Å². The molecular formula is C29H122Cl2N9O4P95. The van der Waals surface area contributed by atoms with Crippen LogP contribution < -0.4 is 9.47 Å². The summed E-state index contributed by atoms with van der Waals surface area (Å²) in [6.07, 6.45) is 3.16.